The highest BCUT2D eigenvalue weighted by Gasteiger charge is 2.39. The highest BCUT2D eigenvalue weighted by Crippen LogP contribution is 2.45. The second-order valence-electron chi connectivity index (χ2n) is 5.91. The van der Waals surface area contributed by atoms with Gasteiger partial charge in [-0.1, -0.05) is 54.6 Å². The highest BCUT2D eigenvalue weighted by atomic mass is 16.5. The van der Waals surface area contributed by atoms with E-state index in [0.29, 0.717) is 11.1 Å². The van der Waals surface area contributed by atoms with Gasteiger partial charge in [0.05, 0.1) is 6.04 Å². The third-order valence-electron chi connectivity index (χ3n) is 4.63. The summed E-state index contributed by atoms with van der Waals surface area (Å²) in [5.41, 5.74) is 4.14. The molecule has 2 atom stereocenters. The number of Topliss-reactive ketones (excluding diaryl/α,β-unsaturated/α-hetero) is 1. The number of carbonyl (C=O) groups excluding carboxylic acids is 2. The lowest BCUT2D eigenvalue weighted by molar-refractivity contribution is -0.171. The van der Waals surface area contributed by atoms with Crippen LogP contribution in [0.5, 0.6) is 0 Å². The van der Waals surface area contributed by atoms with Crippen molar-refractivity contribution in [3.63, 3.8) is 0 Å². The van der Waals surface area contributed by atoms with Crippen molar-refractivity contribution in [2.75, 3.05) is 0 Å². The summed E-state index contributed by atoms with van der Waals surface area (Å²) in [6, 6.07) is 7.05. The van der Waals surface area contributed by atoms with Gasteiger partial charge in [0.2, 0.25) is 5.91 Å². The zero-order chi connectivity index (χ0) is 16.1. The molecular formula is C19H15NO3. The van der Waals surface area contributed by atoms with Crippen molar-refractivity contribution in [3.8, 4) is 0 Å². The molecule has 4 rings (SSSR count). The Balaban J connectivity index is 1.92. The molecule has 0 radical (unpaired) electrons. The fourth-order valence-electron chi connectivity index (χ4n) is 3.59. The van der Waals surface area contributed by atoms with E-state index in [1.54, 1.807) is 0 Å². The van der Waals surface area contributed by atoms with Crippen LogP contribution in [0.3, 0.4) is 0 Å². The quantitative estimate of drug-likeness (QED) is 0.641. The Bertz CT molecular complexity index is 857. The molecule has 1 aromatic carbocycles. The van der Waals surface area contributed by atoms with Gasteiger partial charge >= 0.3 is 0 Å². The molecule has 3 aliphatic rings. The third-order valence-corrected chi connectivity index (χ3v) is 4.63. The fraction of sp³-hybridized carbons (Fsp3) is 0.158. The van der Waals surface area contributed by atoms with Gasteiger partial charge in [-0.25, -0.2) is 5.06 Å². The van der Waals surface area contributed by atoms with Gasteiger partial charge in [-0.3, -0.25) is 14.8 Å². The first kappa shape index (κ1) is 13.9. The molecule has 0 aromatic heterocycles. The fourth-order valence-corrected chi connectivity index (χ4v) is 3.59. The minimum absolute atomic E-state index is 0.00457. The number of nitrogens with zero attached hydrogens (tertiary/aromatic N) is 1. The van der Waals surface area contributed by atoms with E-state index in [-0.39, 0.29) is 11.7 Å². The number of amides is 1. The highest BCUT2D eigenvalue weighted by molar-refractivity contribution is 6.19. The van der Waals surface area contributed by atoms with Gasteiger partial charge in [0.1, 0.15) is 0 Å². The Kier molecular flexibility index (Phi) is 2.96. The zero-order valence-electron chi connectivity index (χ0n) is 12.6. The average Bonchev–Trinajstić information content (AvgIpc) is 2.58. The number of hydroxylamine groups is 2. The monoisotopic (exact) mass is 305 g/mol. The molecule has 0 fully saturated rings. The van der Waals surface area contributed by atoms with E-state index in [4.69, 9.17) is 0 Å². The first-order chi connectivity index (χ1) is 11.1. The van der Waals surface area contributed by atoms with Crippen molar-refractivity contribution < 1.29 is 14.8 Å². The number of allylic oxidation sites excluding steroid dienone is 5. The maximum atomic E-state index is 12.8. The van der Waals surface area contributed by atoms with E-state index in [2.05, 4.69) is 0 Å². The van der Waals surface area contributed by atoms with Crippen LogP contribution in [0.1, 0.15) is 22.8 Å². The molecule has 4 nitrogen and oxygen atoms in total. The van der Waals surface area contributed by atoms with Gasteiger partial charge in [0, 0.05) is 24.0 Å². The topological polar surface area (TPSA) is 57.6 Å². The van der Waals surface area contributed by atoms with Crippen LogP contribution in [-0.4, -0.2) is 28.0 Å². The molecule has 23 heavy (non-hydrogen) atoms. The first-order valence-corrected chi connectivity index (χ1v) is 7.53. The predicted molar refractivity (Wildman–Crippen MR) is 85.6 cm³/mol. The van der Waals surface area contributed by atoms with Crippen molar-refractivity contribution in [1.29, 1.82) is 0 Å². The summed E-state index contributed by atoms with van der Waals surface area (Å²) in [5, 5.41) is 10.8. The molecule has 1 N–H and O–H groups in total. The Morgan fingerprint density at radius 1 is 1.17 bits per heavy atom. The van der Waals surface area contributed by atoms with Gasteiger partial charge in [-0.15, -0.1) is 0 Å². The number of hydrogen-bond acceptors (Lipinski definition) is 3. The van der Waals surface area contributed by atoms with Crippen LogP contribution in [0.4, 0.5) is 0 Å². The molecule has 114 valence electrons. The van der Waals surface area contributed by atoms with E-state index >= 15 is 0 Å². The summed E-state index contributed by atoms with van der Waals surface area (Å²) in [6.07, 6.45) is 9.30. The summed E-state index contributed by atoms with van der Waals surface area (Å²) in [6.45, 7) is 1.32. The summed E-state index contributed by atoms with van der Waals surface area (Å²) >= 11 is 0. The molecule has 0 heterocycles. The molecule has 0 aliphatic heterocycles. The molecule has 0 bridgehead atoms. The van der Waals surface area contributed by atoms with Crippen molar-refractivity contribution in [1.82, 2.24) is 5.06 Å². The minimum atomic E-state index is -0.496. The maximum absolute atomic E-state index is 12.8. The lowest BCUT2D eigenvalue weighted by Crippen LogP contribution is -2.43. The summed E-state index contributed by atoms with van der Waals surface area (Å²) in [4.78, 5) is 24.3. The van der Waals surface area contributed by atoms with Crippen molar-refractivity contribution in [3.05, 3.63) is 76.9 Å². The van der Waals surface area contributed by atoms with Crippen LogP contribution >= 0.6 is 0 Å². The first-order valence-electron chi connectivity index (χ1n) is 7.53. The third kappa shape index (κ3) is 1.88. The molecule has 4 heteroatoms. The number of benzene rings is 1. The van der Waals surface area contributed by atoms with E-state index in [0.717, 1.165) is 21.8 Å². The minimum Gasteiger partial charge on any atom is -0.289 e. The van der Waals surface area contributed by atoms with Crippen LogP contribution in [0, 0.1) is 5.92 Å². The average molecular weight is 305 g/mol. The van der Waals surface area contributed by atoms with Gasteiger partial charge < -0.3 is 0 Å². The van der Waals surface area contributed by atoms with Crippen LogP contribution in [0.25, 0.3) is 5.57 Å². The number of ketones is 1. The number of carbonyl (C=O) groups is 2. The molecule has 0 saturated carbocycles. The Morgan fingerprint density at radius 2 is 1.91 bits per heavy atom. The van der Waals surface area contributed by atoms with Gasteiger partial charge in [-0.2, -0.15) is 0 Å². The molecule has 0 spiro atoms. The normalized spacial score (nSPS) is 24.1. The maximum Gasteiger partial charge on any atom is 0.243 e. The van der Waals surface area contributed by atoms with Crippen molar-refractivity contribution in [2.45, 2.75) is 13.0 Å². The van der Waals surface area contributed by atoms with Crippen LogP contribution in [0.2, 0.25) is 0 Å². The standard InChI is InChI=1S/C19H15NO3/c1-11(21)20(23)17-10-9-13-12-5-2-3-6-14(12)19(22)16-8-4-7-15(17)18(13)16/h2-10,15,17,23H,1H3. The van der Waals surface area contributed by atoms with Crippen LogP contribution in [0.15, 0.2) is 65.8 Å². The lowest BCUT2D eigenvalue weighted by atomic mass is 9.69. The summed E-state index contributed by atoms with van der Waals surface area (Å²) in [5.74, 6) is -0.646. The lowest BCUT2D eigenvalue weighted by Gasteiger charge is -2.38. The Labute approximate surface area is 133 Å². The van der Waals surface area contributed by atoms with Crippen LogP contribution in [-0.2, 0) is 4.79 Å². The largest absolute Gasteiger partial charge is 0.289 e. The number of hydrogen-bond donors (Lipinski definition) is 1. The SMILES string of the molecule is CC(=O)N(O)C1C=CC2=C3C(=CC=CC31)C(=O)c1ccccc12. The predicted octanol–water partition coefficient (Wildman–Crippen LogP) is 2.93. The molecule has 0 saturated heterocycles. The molecule has 1 aromatic rings. The summed E-state index contributed by atoms with van der Waals surface area (Å²) in [7, 11) is 0. The summed E-state index contributed by atoms with van der Waals surface area (Å²) < 4.78 is 0. The smallest absolute Gasteiger partial charge is 0.243 e. The van der Waals surface area contributed by atoms with Gasteiger partial charge in [0.15, 0.2) is 5.78 Å². The van der Waals surface area contributed by atoms with E-state index in [9.17, 15) is 14.8 Å². The number of rotatable bonds is 1. The molecular weight excluding hydrogens is 290 g/mol. The second-order valence-corrected chi connectivity index (χ2v) is 5.91. The van der Waals surface area contributed by atoms with Gasteiger partial charge in [-0.05, 0) is 16.7 Å². The van der Waals surface area contributed by atoms with Crippen molar-refractivity contribution >= 4 is 17.3 Å². The van der Waals surface area contributed by atoms with E-state index < -0.39 is 11.9 Å². The molecule has 2 unspecified atom stereocenters. The van der Waals surface area contributed by atoms with Gasteiger partial charge in [0.25, 0.3) is 0 Å². The molecule has 1 amide bonds. The van der Waals surface area contributed by atoms with Crippen LogP contribution < -0.4 is 0 Å². The zero-order valence-corrected chi connectivity index (χ0v) is 12.6. The van der Waals surface area contributed by atoms with Crippen molar-refractivity contribution in [2.24, 2.45) is 5.92 Å². The second kappa shape index (κ2) is 4.89. The van der Waals surface area contributed by atoms with E-state index in [1.165, 1.54) is 6.92 Å². The van der Waals surface area contributed by atoms with E-state index in [1.807, 2.05) is 54.6 Å². The Hall–Kier alpha value is -2.72. The number of fused-ring (bicyclic) bond motifs is 2. The molecule has 3 aliphatic carbocycles. The Morgan fingerprint density at radius 3 is 2.65 bits per heavy atom.